The van der Waals surface area contributed by atoms with Crippen molar-refractivity contribution < 1.29 is 9.90 Å². The Morgan fingerprint density at radius 1 is 1.27 bits per heavy atom. The monoisotopic (exact) mass is 299 g/mol. The minimum atomic E-state index is -0.276. The minimum Gasteiger partial charge on any atom is -0.393 e. The van der Waals surface area contributed by atoms with Gasteiger partial charge in [0.1, 0.15) is 0 Å². The standard InChI is InChI=1S/C17H21N3O2/c1-2-16-15(17(22)19-10-8-14(21)9-11-19)12-18-20(16)13-6-4-3-5-7-13/h3-7,12,14,21H,2,8-11H2,1H3. The number of aromatic nitrogens is 2. The van der Waals surface area contributed by atoms with Crippen LogP contribution in [0, 0.1) is 0 Å². The van der Waals surface area contributed by atoms with E-state index in [0.717, 1.165) is 17.8 Å². The number of aliphatic hydroxyl groups excluding tert-OH is 1. The zero-order valence-electron chi connectivity index (χ0n) is 12.8. The largest absolute Gasteiger partial charge is 0.393 e. The van der Waals surface area contributed by atoms with Gasteiger partial charge in [0.25, 0.3) is 5.91 Å². The Bertz CT molecular complexity index is 643. The summed E-state index contributed by atoms with van der Waals surface area (Å²) in [5, 5.41) is 14.0. The van der Waals surface area contributed by atoms with Gasteiger partial charge in [-0.15, -0.1) is 0 Å². The smallest absolute Gasteiger partial charge is 0.257 e. The highest BCUT2D eigenvalue weighted by molar-refractivity contribution is 5.95. The SMILES string of the molecule is CCc1c(C(=O)N2CCC(O)CC2)cnn1-c1ccccc1. The summed E-state index contributed by atoms with van der Waals surface area (Å²) in [6.07, 6.45) is 3.44. The lowest BCUT2D eigenvalue weighted by molar-refractivity contribution is 0.0545. The van der Waals surface area contributed by atoms with E-state index in [1.54, 1.807) is 6.20 Å². The molecule has 0 unspecified atom stereocenters. The average molecular weight is 299 g/mol. The molecule has 0 aliphatic carbocycles. The second-order valence-electron chi connectivity index (χ2n) is 5.63. The molecule has 0 spiro atoms. The Kier molecular flexibility index (Phi) is 4.24. The number of hydrogen-bond acceptors (Lipinski definition) is 3. The lowest BCUT2D eigenvalue weighted by Gasteiger charge is -2.29. The van der Waals surface area contributed by atoms with Crippen LogP contribution in [0.5, 0.6) is 0 Å². The molecule has 0 radical (unpaired) electrons. The van der Waals surface area contributed by atoms with Crippen LogP contribution in [0.15, 0.2) is 36.5 Å². The van der Waals surface area contributed by atoms with Gasteiger partial charge in [-0.05, 0) is 31.4 Å². The van der Waals surface area contributed by atoms with Crippen LogP contribution in [0.2, 0.25) is 0 Å². The Hall–Kier alpha value is -2.14. The van der Waals surface area contributed by atoms with Crippen LogP contribution in [0.25, 0.3) is 5.69 Å². The van der Waals surface area contributed by atoms with E-state index in [9.17, 15) is 9.90 Å². The van der Waals surface area contributed by atoms with Gasteiger partial charge in [-0.1, -0.05) is 25.1 Å². The number of benzene rings is 1. The van der Waals surface area contributed by atoms with E-state index in [1.807, 2.05) is 46.8 Å². The zero-order valence-corrected chi connectivity index (χ0v) is 12.8. The van der Waals surface area contributed by atoms with E-state index >= 15 is 0 Å². The normalized spacial score (nSPS) is 16.0. The van der Waals surface area contributed by atoms with Gasteiger partial charge < -0.3 is 10.0 Å². The molecule has 5 nitrogen and oxygen atoms in total. The van der Waals surface area contributed by atoms with Crippen LogP contribution in [-0.2, 0) is 6.42 Å². The first-order chi connectivity index (χ1) is 10.7. The molecule has 5 heteroatoms. The van der Waals surface area contributed by atoms with Crippen molar-refractivity contribution in [1.29, 1.82) is 0 Å². The maximum absolute atomic E-state index is 12.7. The number of piperidine rings is 1. The van der Waals surface area contributed by atoms with Gasteiger partial charge in [0.2, 0.25) is 0 Å². The molecular weight excluding hydrogens is 278 g/mol. The molecule has 0 bridgehead atoms. The molecule has 1 fully saturated rings. The maximum Gasteiger partial charge on any atom is 0.257 e. The second-order valence-corrected chi connectivity index (χ2v) is 5.63. The first kappa shape index (κ1) is 14.8. The number of likely N-dealkylation sites (tertiary alicyclic amines) is 1. The third-order valence-corrected chi connectivity index (χ3v) is 4.19. The second kappa shape index (κ2) is 6.32. The summed E-state index contributed by atoms with van der Waals surface area (Å²) < 4.78 is 1.84. The fourth-order valence-electron chi connectivity index (χ4n) is 2.92. The zero-order chi connectivity index (χ0) is 15.5. The van der Waals surface area contributed by atoms with Crippen LogP contribution >= 0.6 is 0 Å². The van der Waals surface area contributed by atoms with Gasteiger partial charge in [-0.25, -0.2) is 4.68 Å². The highest BCUT2D eigenvalue weighted by Gasteiger charge is 2.25. The molecule has 2 aromatic rings. The quantitative estimate of drug-likeness (QED) is 0.943. The minimum absolute atomic E-state index is 0.0194. The van der Waals surface area contributed by atoms with Gasteiger partial charge in [-0.2, -0.15) is 5.10 Å². The molecule has 116 valence electrons. The summed E-state index contributed by atoms with van der Waals surface area (Å²) in [6, 6.07) is 9.85. The molecule has 3 rings (SSSR count). The number of aliphatic hydroxyl groups is 1. The number of para-hydroxylation sites is 1. The van der Waals surface area contributed by atoms with Gasteiger partial charge in [0.05, 0.1) is 29.2 Å². The van der Waals surface area contributed by atoms with Crippen molar-refractivity contribution >= 4 is 5.91 Å². The third-order valence-electron chi connectivity index (χ3n) is 4.19. The third kappa shape index (κ3) is 2.76. The lowest BCUT2D eigenvalue weighted by atomic mass is 10.1. The Morgan fingerprint density at radius 3 is 2.59 bits per heavy atom. The van der Waals surface area contributed by atoms with E-state index in [-0.39, 0.29) is 12.0 Å². The van der Waals surface area contributed by atoms with E-state index in [2.05, 4.69) is 5.10 Å². The number of carbonyl (C=O) groups is 1. The molecule has 1 aliphatic rings. The number of rotatable bonds is 3. The fraction of sp³-hybridized carbons (Fsp3) is 0.412. The predicted molar refractivity (Wildman–Crippen MR) is 84.1 cm³/mol. The van der Waals surface area contributed by atoms with Crippen LogP contribution in [-0.4, -0.2) is 44.9 Å². The summed E-state index contributed by atoms with van der Waals surface area (Å²) >= 11 is 0. The molecule has 1 N–H and O–H groups in total. The number of hydrogen-bond donors (Lipinski definition) is 1. The molecule has 2 heterocycles. The van der Waals surface area contributed by atoms with E-state index in [1.165, 1.54) is 0 Å². The first-order valence-corrected chi connectivity index (χ1v) is 7.80. The topological polar surface area (TPSA) is 58.4 Å². The lowest BCUT2D eigenvalue weighted by Crippen LogP contribution is -2.40. The van der Waals surface area contributed by atoms with Crippen LogP contribution < -0.4 is 0 Å². The van der Waals surface area contributed by atoms with Crippen LogP contribution in [0.1, 0.15) is 35.8 Å². The summed E-state index contributed by atoms with van der Waals surface area (Å²) in [5.74, 6) is 0.0194. The number of nitrogens with zero attached hydrogens (tertiary/aromatic N) is 3. The summed E-state index contributed by atoms with van der Waals surface area (Å²) in [5.41, 5.74) is 2.57. The molecule has 0 saturated carbocycles. The van der Waals surface area contributed by atoms with Gasteiger partial charge in [-0.3, -0.25) is 4.79 Å². The summed E-state index contributed by atoms with van der Waals surface area (Å²) in [7, 11) is 0. The van der Waals surface area contributed by atoms with Crippen molar-refractivity contribution in [3.8, 4) is 5.69 Å². The fourth-order valence-corrected chi connectivity index (χ4v) is 2.92. The molecule has 1 aliphatic heterocycles. The molecule has 1 aromatic heterocycles. The molecule has 1 amide bonds. The molecular formula is C17H21N3O2. The van der Waals surface area contributed by atoms with Crippen molar-refractivity contribution in [2.24, 2.45) is 0 Å². The first-order valence-electron chi connectivity index (χ1n) is 7.80. The Labute approximate surface area is 130 Å². The van der Waals surface area contributed by atoms with Crippen LogP contribution in [0.3, 0.4) is 0 Å². The number of amides is 1. The Morgan fingerprint density at radius 2 is 1.95 bits per heavy atom. The van der Waals surface area contributed by atoms with E-state index < -0.39 is 0 Å². The maximum atomic E-state index is 12.7. The van der Waals surface area contributed by atoms with Crippen molar-refractivity contribution in [1.82, 2.24) is 14.7 Å². The van der Waals surface area contributed by atoms with Gasteiger partial charge in [0.15, 0.2) is 0 Å². The van der Waals surface area contributed by atoms with E-state index in [0.29, 0.717) is 31.5 Å². The van der Waals surface area contributed by atoms with Crippen molar-refractivity contribution in [2.45, 2.75) is 32.3 Å². The highest BCUT2D eigenvalue weighted by atomic mass is 16.3. The van der Waals surface area contributed by atoms with E-state index in [4.69, 9.17) is 0 Å². The van der Waals surface area contributed by atoms with Crippen molar-refractivity contribution in [3.05, 3.63) is 47.8 Å². The summed E-state index contributed by atoms with van der Waals surface area (Å²) in [6.45, 7) is 3.26. The highest BCUT2D eigenvalue weighted by Crippen LogP contribution is 2.19. The molecule has 0 atom stereocenters. The predicted octanol–water partition coefficient (Wildman–Crippen LogP) is 2.03. The van der Waals surface area contributed by atoms with Crippen LogP contribution in [0.4, 0.5) is 0 Å². The summed E-state index contributed by atoms with van der Waals surface area (Å²) in [4.78, 5) is 14.5. The molecule has 1 aromatic carbocycles. The molecule has 22 heavy (non-hydrogen) atoms. The number of carbonyl (C=O) groups excluding carboxylic acids is 1. The molecule has 1 saturated heterocycles. The van der Waals surface area contributed by atoms with Gasteiger partial charge >= 0.3 is 0 Å². The van der Waals surface area contributed by atoms with Crippen molar-refractivity contribution in [2.75, 3.05) is 13.1 Å². The average Bonchev–Trinajstić information content (AvgIpc) is 2.99. The Balaban J connectivity index is 1.88. The van der Waals surface area contributed by atoms with Crippen molar-refractivity contribution in [3.63, 3.8) is 0 Å². The van der Waals surface area contributed by atoms with Gasteiger partial charge in [0, 0.05) is 13.1 Å².